The molecule has 0 aromatic heterocycles. The summed E-state index contributed by atoms with van der Waals surface area (Å²) in [6.07, 6.45) is 1.18. The number of fused-ring (bicyclic) bond motifs is 1. The van der Waals surface area contributed by atoms with E-state index >= 15 is 0 Å². The van der Waals surface area contributed by atoms with Crippen LogP contribution in [0.25, 0.3) is 0 Å². The summed E-state index contributed by atoms with van der Waals surface area (Å²) in [7, 11) is 0. The van der Waals surface area contributed by atoms with Gasteiger partial charge in [-0.25, -0.2) is 0 Å². The zero-order valence-electron chi connectivity index (χ0n) is 9.92. The highest BCUT2D eigenvalue weighted by atomic mass is 19.3. The largest absolute Gasteiger partial charge is 0.535 e. The highest BCUT2D eigenvalue weighted by Gasteiger charge is 2.39. The number of benzene rings is 1. The van der Waals surface area contributed by atoms with E-state index in [2.05, 4.69) is 14.8 Å². The van der Waals surface area contributed by atoms with E-state index in [1.807, 2.05) is 6.07 Å². The number of halogens is 2. The lowest BCUT2D eigenvalue weighted by molar-refractivity contribution is -0.367. The molecule has 0 unspecified atom stereocenters. The average molecular weight is 255 g/mol. The highest BCUT2D eigenvalue weighted by molar-refractivity contribution is 5.58. The summed E-state index contributed by atoms with van der Waals surface area (Å²) in [6, 6.07) is 5.58. The van der Waals surface area contributed by atoms with Crippen molar-refractivity contribution < 1.29 is 18.3 Å². The minimum Gasteiger partial charge on any atom is -0.409 e. The number of hydrogen-bond acceptors (Lipinski definition) is 3. The number of nitrogens with one attached hydrogen (secondary N) is 1. The maximum absolute atomic E-state index is 13.0. The van der Waals surface area contributed by atoms with Gasteiger partial charge in [0.05, 0.1) is 6.61 Å². The Balaban J connectivity index is 1.83. The van der Waals surface area contributed by atoms with Gasteiger partial charge in [0.15, 0.2) is 0 Å². The van der Waals surface area contributed by atoms with Crippen LogP contribution in [0.5, 0.6) is 5.75 Å². The number of rotatable bonds is 2. The van der Waals surface area contributed by atoms with Gasteiger partial charge in [0.25, 0.3) is 0 Å². The topological polar surface area (TPSA) is 30.5 Å². The molecular weight excluding hydrogens is 240 g/mol. The van der Waals surface area contributed by atoms with E-state index in [4.69, 9.17) is 0 Å². The van der Waals surface area contributed by atoms with Crippen molar-refractivity contribution in [3.8, 4) is 5.75 Å². The van der Waals surface area contributed by atoms with Crippen molar-refractivity contribution in [1.82, 2.24) is 0 Å². The second-order valence-corrected chi connectivity index (χ2v) is 4.76. The molecule has 1 aromatic carbocycles. The Kier molecular flexibility index (Phi) is 2.86. The molecule has 1 N–H and O–H groups in total. The molecule has 1 saturated carbocycles. The van der Waals surface area contributed by atoms with Gasteiger partial charge < -0.3 is 10.1 Å². The molecular formula is C13H15F2NO2. The van der Waals surface area contributed by atoms with Crippen LogP contribution >= 0.6 is 0 Å². The molecule has 1 fully saturated rings. The van der Waals surface area contributed by atoms with Crippen LogP contribution in [-0.4, -0.2) is 12.3 Å². The predicted octanol–water partition coefficient (Wildman–Crippen LogP) is 3.50. The van der Waals surface area contributed by atoms with E-state index in [0.717, 1.165) is 18.5 Å². The van der Waals surface area contributed by atoms with Gasteiger partial charge in [-0.3, -0.25) is 4.74 Å². The van der Waals surface area contributed by atoms with E-state index in [0.29, 0.717) is 11.6 Å². The first-order valence-electron chi connectivity index (χ1n) is 6.23. The molecule has 3 nitrogen and oxygen atoms in total. The number of alkyl halides is 2. The van der Waals surface area contributed by atoms with Gasteiger partial charge in [0.1, 0.15) is 5.75 Å². The minimum absolute atomic E-state index is 0.127. The number of hydrogen-bond donors (Lipinski definition) is 1. The lowest BCUT2D eigenvalue weighted by Crippen LogP contribution is -2.33. The smallest absolute Gasteiger partial charge is 0.409 e. The van der Waals surface area contributed by atoms with E-state index in [1.165, 1.54) is 12.8 Å². The van der Waals surface area contributed by atoms with Gasteiger partial charge in [-0.1, -0.05) is 18.9 Å². The average Bonchev–Trinajstić information content (AvgIpc) is 2.80. The molecule has 1 heterocycles. The molecule has 0 amide bonds. The zero-order chi connectivity index (χ0) is 12.6. The van der Waals surface area contributed by atoms with Crippen LogP contribution in [0.1, 0.15) is 31.2 Å². The van der Waals surface area contributed by atoms with Crippen LogP contribution in [0.2, 0.25) is 0 Å². The van der Waals surface area contributed by atoms with Crippen molar-refractivity contribution in [2.75, 3.05) is 5.32 Å². The molecule has 1 aliphatic carbocycles. The summed E-state index contributed by atoms with van der Waals surface area (Å²) in [5.74, 6) is 0.203. The molecule has 3 rings (SSSR count). The third kappa shape index (κ3) is 2.27. The fraction of sp³-hybridized carbons (Fsp3) is 0.538. The van der Waals surface area contributed by atoms with E-state index in [-0.39, 0.29) is 12.4 Å². The first kappa shape index (κ1) is 11.7. The normalized spacial score (nSPS) is 22.3. The monoisotopic (exact) mass is 255 g/mol. The van der Waals surface area contributed by atoms with Crippen LogP contribution in [0.15, 0.2) is 18.2 Å². The van der Waals surface area contributed by atoms with Gasteiger partial charge in [-0.2, -0.15) is 0 Å². The van der Waals surface area contributed by atoms with Crippen LogP contribution in [0, 0.1) is 0 Å². The molecule has 18 heavy (non-hydrogen) atoms. The standard InChI is InChI=1S/C13H15F2NO2/c14-13(15)17-8-10-11(6-3-7-12(10)18-13)16-9-4-1-2-5-9/h3,6-7,9,16H,1-2,4-5,8H2. The molecule has 0 bridgehead atoms. The van der Waals surface area contributed by atoms with E-state index < -0.39 is 6.29 Å². The van der Waals surface area contributed by atoms with E-state index in [9.17, 15) is 8.78 Å². The van der Waals surface area contributed by atoms with Crippen molar-refractivity contribution in [3.05, 3.63) is 23.8 Å². The van der Waals surface area contributed by atoms with Crippen molar-refractivity contribution in [1.29, 1.82) is 0 Å². The maximum atomic E-state index is 13.0. The van der Waals surface area contributed by atoms with Gasteiger partial charge in [-0.15, -0.1) is 8.78 Å². The summed E-state index contributed by atoms with van der Waals surface area (Å²) in [6.45, 7) is -0.127. The fourth-order valence-corrected chi connectivity index (χ4v) is 2.55. The first-order valence-corrected chi connectivity index (χ1v) is 6.23. The molecule has 0 radical (unpaired) electrons. The minimum atomic E-state index is -3.51. The van der Waals surface area contributed by atoms with Crippen LogP contribution in [-0.2, 0) is 11.3 Å². The van der Waals surface area contributed by atoms with Gasteiger partial charge in [0.2, 0.25) is 0 Å². The fourth-order valence-electron chi connectivity index (χ4n) is 2.55. The molecule has 0 atom stereocenters. The van der Waals surface area contributed by atoms with Crippen LogP contribution < -0.4 is 10.1 Å². The summed E-state index contributed by atoms with van der Waals surface area (Å²) in [5, 5.41) is 3.39. The van der Waals surface area contributed by atoms with Crippen molar-refractivity contribution in [2.24, 2.45) is 0 Å². The van der Waals surface area contributed by atoms with Crippen molar-refractivity contribution in [3.63, 3.8) is 0 Å². The lowest BCUT2D eigenvalue weighted by atomic mass is 10.1. The Morgan fingerprint density at radius 2 is 2.00 bits per heavy atom. The zero-order valence-corrected chi connectivity index (χ0v) is 9.92. The Morgan fingerprint density at radius 3 is 2.78 bits per heavy atom. The maximum Gasteiger partial charge on any atom is 0.535 e. The first-order chi connectivity index (χ1) is 8.64. The van der Waals surface area contributed by atoms with Crippen LogP contribution in [0.3, 0.4) is 0 Å². The molecule has 0 spiro atoms. The number of ether oxygens (including phenoxy) is 2. The molecule has 1 aromatic rings. The third-order valence-electron chi connectivity index (χ3n) is 3.46. The SMILES string of the molecule is FC1(F)OCc2c(NC3CCCC3)cccc2O1. The summed E-state index contributed by atoms with van der Waals surface area (Å²) < 4.78 is 34.8. The summed E-state index contributed by atoms with van der Waals surface area (Å²) in [5.41, 5.74) is 1.52. The Labute approximate surface area is 104 Å². The summed E-state index contributed by atoms with van der Waals surface area (Å²) in [4.78, 5) is 0. The van der Waals surface area contributed by atoms with Gasteiger partial charge in [-0.05, 0) is 25.0 Å². The Hall–Kier alpha value is -1.36. The lowest BCUT2D eigenvalue weighted by Gasteiger charge is -2.27. The highest BCUT2D eigenvalue weighted by Crippen LogP contribution is 2.38. The third-order valence-corrected chi connectivity index (χ3v) is 3.46. The van der Waals surface area contributed by atoms with Gasteiger partial charge in [0, 0.05) is 17.3 Å². The predicted molar refractivity (Wildman–Crippen MR) is 62.7 cm³/mol. The Bertz CT molecular complexity index is 445. The second kappa shape index (κ2) is 4.39. The van der Waals surface area contributed by atoms with Gasteiger partial charge >= 0.3 is 6.29 Å². The molecule has 2 aliphatic rings. The van der Waals surface area contributed by atoms with Crippen LogP contribution in [0.4, 0.5) is 14.5 Å². The quantitative estimate of drug-likeness (QED) is 0.877. The van der Waals surface area contributed by atoms with E-state index in [1.54, 1.807) is 12.1 Å². The molecule has 98 valence electrons. The Morgan fingerprint density at radius 1 is 1.22 bits per heavy atom. The van der Waals surface area contributed by atoms with Crippen molar-refractivity contribution >= 4 is 5.69 Å². The second-order valence-electron chi connectivity index (χ2n) is 4.76. The molecule has 5 heteroatoms. The number of anilines is 1. The van der Waals surface area contributed by atoms with Crippen molar-refractivity contribution in [2.45, 2.75) is 44.6 Å². The molecule has 0 saturated heterocycles. The summed E-state index contributed by atoms with van der Waals surface area (Å²) >= 11 is 0. The molecule has 1 aliphatic heterocycles.